The lowest BCUT2D eigenvalue weighted by Gasteiger charge is -2.36. The Kier molecular flexibility index (Phi) is 4.81. The molecule has 2 saturated heterocycles. The molecule has 0 radical (unpaired) electrons. The van der Waals surface area contributed by atoms with Crippen LogP contribution in [0.1, 0.15) is 36.8 Å². The first-order valence-electron chi connectivity index (χ1n) is 8.35. The Balaban J connectivity index is 1.65. The molecule has 2 aliphatic rings. The van der Waals surface area contributed by atoms with E-state index in [-0.39, 0.29) is 0 Å². The molecule has 1 aromatic rings. The lowest BCUT2D eigenvalue weighted by Crippen LogP contribution is -2.43. The third-order valence-corrected chi connectivity index (χ3v) is 5.04. The van der Waals surface area contributed by atoms with Gasteiger partial charge < -0.3 is 10.1 Å². The van der Waals surface area contributed by atoms with E-state index in [1.54, 1.807) is 7.11 Å². The summed E-state index contributed by atoms with van der Waals surface area (Å²) in [6, 6.07) is 7.26. The second-order valence-electron chi connectivity index (χ2n) is 6.66. The van der Waals surface area contributed by atoms with E-state index in [1.165, 1.54) is 56.4 Å². The molecule has 1 aromatic carbocycles. The van der Waals surface area contributed by atoms with E-state index in [4.69, 9.17) is 4.74 Å². The predicted octanol–water partition coefficient (Wildman–Crippen LogP) is 2.97. The number of methoxy groups -OCH3 is 1. The minimum atomic E-state index is 0.757. The first-order valence-corrected chi connectivity index (χ1v) is 8.35. The fourth-order valence-corrected chi connectivity index (χ4v) is 3.95. The normalized spacial score (nSPS) is 27.0. The van der Waals surface area contributed by atoms with Gasteiger partial charge in [0.25, 0.3) is 0 Å². The average Bonchev–Trinajstić information content (AvgIpc) is 3.02. The van der Waals surface area contributed by atoms with Crippen LogP contribution >= 0.6 is 0 Å². The van der Waals surface area contributed by atoms with Gasteiger partial charge >= 0.3 is 0 Å². The Hall–Kier alpha value is -1.06. The Bertz CT molecular complexity index is 468. The molecule has 0 aromatic heterocycles. The standard InChI is InChI=1S/C18H28N2O/c1-14-7-8-18(21-2)16(11-14)13-20-10-4-5-15(12-20)17-6-3-9-19-17/h7-8,11,15,17,19H,3-6,9-10,12-13H2,1-2H3. The molecule has 2 fully saturated rings. The highest BCUT2D eigenvalue weighted by Gasteiger charge is 2.29. The fourth-order valence-electron chi connectivity index (χ4n) is 3.95. The van der Waals surface area contributed by atoms with Crippen molar-refractivity contribution in [3.05, 3.63) is 29.3 Å². The lowest BCUT2D eigenvalue weighted by molar-refractivity contribution is 0.144. The fraction of sp³-hybridized carbons (Fsp3) is 0.667. The maximum atomic E-state index is 5.53. The third kappa shape index (κ3) is 3.58. The van der Waals surface area contributed by atoms with E-state index in [0.717, 1.165) is 24.3 Å². The summed E-state index contributed by atoms with van der Waals surface area (Å²) in [5.41, 5.74) is 2.65. The maximum absolute atomic E-state index is 5.53. The molecule has 21 heavy (non-hydrogen) atoms. The molecule has 0 spiro atoms. The lowest BCUT2D eigenvalue weighted by atomic mass is 9.89. The molecule has 2 atom stereocenters. The highest BCUT2D eigenvalue weighted by atomic mass is 16.5. The van der Waals surface area contributed by atoms with E-state index in [9.17, 15) is 0 Å². The molecule has 0 aliphatic carbocycles. The maximum Gasteiger partial charge on any atom is 0.123 e. The van der Waals surface area contributed by atoms with E-state index in [1.807, 2.05) is 0 Å². The van der Waals surface area contributed by atoms with Crippen LogP contribution in [0, 0.1) is 12.8 Å². The predicted molar refractivity (Wildman–Crippen MR) is 86.8 cm³/mol. The summed E-state index contributed by atoms with van der Waals surface area (Å²) in [6.07, 6.45) is 5.44. The van der Waals surface area contributed by atoms with Crippen molar-refractivity contribution in [2.24, 2.45) is 5.92 Å². The number of hydrogen-bond acceptors (Lipinski definition) is 3. The van der Waals surface area contributed by atoms with Crippen LogP contribution in [0.4, 0.5) is 0 Å². The van der Waals surface area contributed by atoms with Gasteiger partial charge in [-0.1, -0.05) is 17.7 Å². The second-order valence-corrected chi connectivity index (χ2v) is 6.66. The zero-order chi connectivity index (χ0) is 14.7. The van der Waals surface area contributed by atoms with Crippen molar-refractivity contribution in [2.45, 2.75) is 45.2 Å². The first-order chi connectivity index (χ1) is 10.3. The summed E-state index contributed by atoms with van der Waals surface area (Å²) in [4.78, 5) is 2.62. The topological polar surface area (TPSA) is 24.5 Å². The van der Waals surface area contributed by atoms with Crippen LogP contribution in [-0.4, -0.2) is 37.7 Å². The minimum absolute atomic E-state index is 0.757. The van der Waals surface area contributed by atoms with Crippen molar-refractivity contribution in [3.63, 3.8) is 0 Å². The molecule has 1 N–H and O–H groups in total. The Labute approximate surface area is 128 Å². The number of likely N-dealkylation sites (tertiary alicyclic amines) is 1. The number of nitrogens with one attached hydrogen (secondary N) is 1. The number of ether oxygens (including phenoxy) is 1. The molecule has 116 valence electrons. The number of rotatable bonds is 4. The van der Waals surface area contributed by atoms with Crippen LogP contribution in [0.3, 0.4) is 0 Å². The average molecular weight is 288 g/mol. The molecule has 0 amide bonds. The van der Waals surface area contributed by atoms with Crippen LogP contribution < -0.4 is 10.1 Å². The van der Waals surface area contributed by atoms with Crippen LogP contribution in [-0.2, 0) is 6.54 Å². The number of hydrogen-bond donors (Lipinski definition) is 1. The Morgan fingerprint density at radius 1 is 1.29 bits per heavy atom. The Morgan fingerprint density at radius 3 is 2.95 bits per heavy atom. The summed E-state index contributed by atoms with van der Waals surface area (Å²) in [7, 11) is 1.77. The number of benzene rings is 1. The summed E-state index contributed by atoms with van der Waals surface area (Å²) in [5.74, 6) is 1.86. The largest absolute Gasteiger partial charge is 0.496 e. The van der Waals surface area contributed by atoms with Gasteiger partial charge in [-0.15, -0.1) is 0 Å². The van der Waals surface area contributed by atoms with Crippen molar-refractivity contribution < 1.29 is 4.74 Å². The van der Waals surface area contributed by atoms with E-state index < -0.39 is 0 Å². The van der Waals surface area contributed by atoms with Crippen molar-refractivity contribution in [1.29, 1.82) is 0 Å². The van der Waals surface area contributed by atoms with Gasteiger partial charge in [-0.2, -0.15) is 0 Å². The van der Waals surface area contributed by atoms with Gasteiger partial charge in [-0.05, 0) is 57.7 Å². The quantitative estimate of drug-likeness (QED) is 0.922. The van der Waals surface area contributed by atoms with Gasteiger partial charge in [0.15, 0.2) is 0 Å². The van der Waals surface area contributed by atoms with E-state index >= 15 is 0 Å². The van der Waals surface area contributed by atoms with Gasteiger partial charge in [0, 0.05) is 24.7 Å². The molecule has 3 rings (SSSR count). The van der Waals surface area contributed by atoms with Gasteiger partial charge in [-0.3, -0.25) is 4.90 Å². The van der Waals surface area contributed by atoms with Crippen molar-refractivity contribution in [2.75, 3.05) is 26.7 Å². The molecule has 2 heterocycles. The van der Waals surface area contributed by atoms with E-state index in [0.29, 0.717) is 0 Å². The summed E-state index contributed by atoms with van der Waals surface area (Å²) < 4.78 is 5.53. The zero-order valence-corrected chi connectivity index (χ0v) is 13.4. The highest BCUT2D eigenvalue weighted by molar-refractivity contribution is 5.36. The second kappa shape index (κ2) is 6.80. The van der Waals surface area contributed by atoms with Gasteiger partial charge in [0.1, 0.15) is 5.75 Å². The summed E-state index contributed by atoms with van der Waals surface area (Å²) in [6.45, 7) is 6.85. The third-order valence-electron chi connectivity index (χ3n) is 5.04. The van der Waals surface area contributed by atoms with Gasteiger partial charge in [0.2, 0.25) is 0 Å². The SMILES string of the molecule is COc1ccc(C)cc1CN1CCCC(C2CCCN2)C1. The molecule has 0 saturated carbocycles. The van der Waals surface area contributed by atoms with Crippen LogP contribution in [0.2, 0.25) is 0 Å². The van der Waals surface area contributed by atoms with Crippen LogP contribution in [0.15, 0.2) is 18.2 Å². The minimum Gasteiger partial charge on any atom is -0.496 e. The highest BCUT2D eigenvalue weighted by Crippen LogP contribution is 2.28. The molecular weight excluding hydrogens is 260 g/mol. The first kappa shape index (κ1) is 14.9. The smallest absolute Gasteiger partial charge is 0.123 e. The summed E-state index contributed by atoms with van der Waals surface area (Å²) >= 11 is 0. The molecule has 0 bridgehead atoms. The van der Waals surface area contributed by atoms with E-state index in [2.05, 4.69) is 35.3 Å². The van der Waals surface area contributed by atoms with Crippen molar-refractivity contribution >= 4 is 0 Å². The van der Waals surface area contributed by atoms with Crippen molar-refractivity contribution in [3.8, 4) is 5.75 Å². The number of piperidine rings is 1. The zero-order valence-electron chi connectivity index (χ0n) is 13.4. The molecule has 3 nitrogen and oxygen atoms in total. The molecular formula is C18H28N2O. The molecule has 2 aliphatic heterocycles. The molecule has 3 heteroatoms. The van der Waals surface area contributed by atoms with Crippen LogP contribution in [0.5, 0.6) is 5.75 Å². The van der Waals surface area contributed by atoms with Gasteiger partial charge in [-0.25, -0.2) is 0 Å². The van der Waals surface area contributed by atoms with Crippen molar-refractivity contribution in [1.82, 2.24) is 10.2 Å². The molecule has 2 unspecified atom stereocenters. The monoisotopic (exact) mass is 288 g/mol. The van der Waals surface area contributed by atoms with Gasteiger partial charge in [0.05, 0.1) is 7.11 Å². The Morgan fingerprint density at radius 2 is 2.19 bits per heavy atom. The summed E-state index contributed by atoms with van der Waals surface area (Å²) in [5, 5.41) is 3.69. The number of nitrogens with zero attached hydrogens (tertiary/aromatic N) is 1. The number of aryl methyl sites for hydroxylation is 1. The van der Waals surface area contributed by atoms with Crippen LogP contribution in [0.25, 0.3) is 0 Å².